The smallest absolute Gasteiger partial charge is 0.318 e. The number of rotatable bonds is 6. The van der Waals surface area contributed by atoms with Crippen molar-refractivity contribution in [3.63, 3.8) is 0 Å². The molecule has 0 aliphatic carbocycles. The van der Waals surface area contributed by atoms with Gasteiger partial charge in [0.25, 0.3) is 0 Å². The van der Waals surface area contributed by atoms with E-state index in [1.165, 1.54) is 0 Å². The number of para-hydroxylation sites is 2. The zero-order valence-electron chi connectivity index (χ0n) is 16.4. The maximum absolute atomic E-state index is 13.5. The van der Waals surface area contributed by atoms with Crippen LogP contribution < -0.4 is 4.74 Å². The predicted molar refractivity (Wildman–Crippen MR) is 105 cm³/mol. The summed E-state index contributed by atoms with van der Waals surface area (Å²) in [5.41, 5.74) is 0.909. The van der Waals surface area contributed by atoms with Crippen molar-refractivity contribution in [1.29, 1.82) is 0 Å². The van der Waals surface area contributed by atoms with Crippen LogP contribution in [0.4, 0.5) is 0 Å². The van der Waals surface area contributed by atoms with E-state index in [1.807, 2.05) is 76.2 Å². The minimum atomic E-state index is -0.714. The fourth-order valence-corrected chi connectivity index (χ4v) is 4.12. The molecule has 27 heavy (non-hydrogen) atoms. The van der Waals surface area contributed by atoms with E-state index < -0.39 is 11.5 Å². The van der Waals surface area contributed by atoms with Crippen LogP contribution in [0.25, 0.3) is 0 Å². The molecule has 0 fully saturated rings. The second-order valence-corrected chi connectivity index (χ2v) is 7.77. The number of hydrogen-bond acceptors (Lipinski definition) is 4. The van der Waals surface area contributed by atoms with Crippen molar-refractivity contribution in [2.75, 3.05) is 6.61 Å². The maximum Gasteiger partial charge on any atom is 0.318 e. The summed E-state index contributed by atoms with van der Waals surface area (Å²) < 4.78 is 12.2. The van der Waals surface area contributed by atoms with Gasteiger partial charge in [0.15, 0.2) is 0 Å². The lowest BCUT2D eigenvalue weighted by Gasteiger charge is -2.41. The normalized spacial score (nSPS) is 13.9. The Bertz CT molecular complexity index is 756. The number of carbonyl (C=O) groups is 1. The Labute approximate surface area is 161 Å². The minimum absolute atomic E-state index is 0.0232. The van der Waals surface area contributed by atoms with Gasteiger partial charge in [0.1, 0.15) is 23.0 Å². The van der Waals surface area contributed by atoms with E-state index >= 15 is 0 Å². The van der Waals surface area contributed by atoms with Crippen LogP contribution in [0, 0.1) is 11.8 Å². The molecule has 3 rings (SSSR count). The van der Waals surface area contributed by atoms with Crippen LogP contribution in [0.15, 0.2) is 48.5 Å². The van der Waals surface area contributed by atoms with Gasteiger partial charge in [0.05, 0.1) is 0 Å². The van der Waals surface area contributed by atoms with Crippen molar-refractivity contribution in [2.45, 2.75) is 45.6 Å². The second kappa shape index (κ2) is 7.73. The van der Waals surface area contributed by atoms with Gasteiger partial charge < -0.3 is 14.6 Å². The molecule has 4 heteroatoms. The van der Waals surface area contributed by atoms with Gasteiger partial charge >= 0.3 is 5.97 Å². The Hall–Kier alpha value is -2.33. The average Bonchev–Trinajstić information content (AvgIpc) is 2.65. The van der Waals surface area contributed by atoms with Crippen molar-refractivity contribution >= 4 is 5.97 Å². The molecule has 0 spiro atoms. The molecule has 0 saturated heterocycles. The first kappa shape index (κ1) is 19.4. The van der Waals surface area contributed by atoms with Crippen LogP contribution in [-0.4, -0.2) is 23.3 Å². The predicted octanol–water partition coefficient (Wildman–Crippen LogP) is 4.90. The van der Waals surface area contributed by atoms with Crippen molar-refractivity contribution in [2.24, 2.45) is 11.8 Å². The van der Waals surface area contributed by atoms with Crippen LogP contribution in [0.5, 0.6) is 11.5 Å². The first-order valence-corrected chi connectivity index (χ1v) is 9.60. The lowest BCUT2D eigenvalue weighted by molar-refractivity contribution is -0.175. The van der Waals surface area contributed by atoms with E-state index in [-0.39, 0.29) is 24.4 Å². The maximum atomic E-state index is 13.5. The Morgan fingerprint density at radius 1 is 1.00 bits per heavy atom. The largest absolute Gasteiger partial charge is 0.458 e. The molecular weight excluding hydrogens is 340 g/mol. The summed E-state index contributed by atoms with van der Waals surface area (Å²) in [6.45, 7) is 8.12. The Morgan fingerprint density at radius 3 is 1.93 bits per heavy atom. The molecule has 0 aromatic heterocycles. The van der Waals surface area contributed by atoms with E-state index in [9.17, 15) is 9.90 Å². The zero-order chi connectivity index (χ0) is 19.6. The summed E-state index contributed by atoms with van der Waals surface area (Å²) in [5.74, 6) is 0.689. The Morgan fingerprint density at radius 2 is 1.48 bits per heavy atom. The summed E-state index contributed by atoms with van der Waals surface area (Å²) in [7, 11) is 0. The number of benzene rings is 2. The molecule has 1 aliphatic rings. The third-order valence-electron chi connectivity index (χ3n) is 5.66. The molecule has 0 unspecified atom stereocenters. The SMILES string of the molecule is CC(C)C(CCO)(OC(=O)C1c2ccccc2Oc2ccccc21)C(C)C. The molecule has 1 N–H and O–H groups in total. The molecule has 144 valence electrons. The third-order valence-corrected chi connectivity index (χ3v) is 5.66. The number of hydrogen-bond donors (Lipinski definition) is 1. The van der Waals surface area contributed by atoms with Gasteiger partial charge in [-0.25, -0.2) is 0 Å². The molecule has 1 aliphatic heterocycles. The quantitative estimate of drug-likeness (QED) is 0.737. The number of aliphatic hydroxyl groups excluding tert-OH is 1. The number of fused-ring (bicyclic) bond motifs is 2. The standard InChI is InChI=1S/C23H28O4/c1-15(2)23(13-14-24,16(3)4)27-22(25)21-17-9-5-7-11-19(17)26-20-12-8-6-10-18(20)21/h5-12,15-16,21,24H,13-14H2,1-4H3. The molecule has 1 heterocycles. The van der Waals surface area contributed by atoms with E-state index in [0.29, 0.717) is 17.9 Å². The number of esters is 1. The van der Waals surface area contributed by atoms with Gasteiger partial charge in [-0.05, 0) is 24.0 Å². The van der Waals surface area contributed by atoms with Gasteiger partial charge in [-0.15, -0.1) is 0 Å². The zero-order valence-corrected chi connectivity index (χ0v) is 16.4. The van der Waals surface area contributed by atoms with Crippen molar-refractivity contribution in [3.8, 4) is 11.5 Å². The van der Waals surface area contributed by atoms with Crippen molar-refractivity contribution in [1.82, 2.24) is 0 Å². The highest BCUT2D eigenvalue weighted by atomic mass is 16.6. The fraction of sp³-hybridized carbons (Fsp3) is 0.435. The highest BCUT2D eigenvalue weighted by Gasteiger charge is 2.44. The molecule has 0 amide bonds. The Balaban J connectivity index is 2.04. The molecule has 2 aromatic carbocycles. The third kappa shape index (κ3) is 3.46. The van der Waals surface area contributed by atoms with E-state index in [2.05, 4.69) is 0 Å². The monoisotopic (exact) mass is 368 g/mol. The second-order valence-electron chi connectivity index (χ2n) is 7.77. The summed E-state index contributed by atoms with van der Waals surface area (Å²) in [6.07, 6.45) is 0.417. The molecule has 0 atom stereocenters. The van der Waals surface area contributed by atoms with Crippen LogP contribution >= 0.6 is 0 Å². The van der Waals surface area contributed by atoms with Crippen molar-refractivity contribution in [3.05, 3.63) is 59.7 Å². The lowest BCUT2D eigenvalue weighted by Crippen LogP contribution is -2.47. The van der Waals surface area contributed by atoms with E-state index in [0.717, 1.165) is 11.1 Å². The highest BCUT2D eigenvalue weighted by Crippen LogP contribution is 2.46. The Kier molecular flexibility index (Phi) is 5.56. The summed E-state index contributed by atoms with van der Waals surface area (Å²) in [5, 5.41) is 9.63. The van der Waals surface area contributed by atoms with Gasteiger partial charge in [0, 0.05) is 24.2 Å². The van der Waals surface area contributed by atoms with E-state index in [4.69, 9.17) is 9.47 Å². The lowest BCUT2D eigenvalue weighted by atomic mass is 9.77. The van der Waals surface area contributed by atoms with Crippen LogP contribution in [0.2, 0.25) is 0 Å². The molecule has 0 bridgehead atoms. The summed E-state index contributed by atoms with van der Waals surface area (Å²) in [4.78, 5) is 13.5. The molecule has 0 saturated carbocycles. The molecule has 4 nitrogen and oxygen atoms in total. The summed E-state index contributed by atoms with van der Waals surface area (Å²) >= 11 is 0. The first-order valence-electron chi connectivity index (χ1n) is 9.60. The number of carbonyl (C=O) groups excluding carboxylic acids is 1. The number of aliphatic hydroxyl groups is 1. The van der Waals surface area contributed by atoms with Gasteiger partial charge in [0.2, 0.25) is 0 Å². The molecular formula is C23H28O4. The molecule has 2 aromatic rings. The summed E-state index contributed by atoms with van der Waals surface area (Å²) in [6, 6.07) is 15.2. The van der Waals surface area contributed by atoms with Crippen LogP contribution in [-0.2, 0) is 9.53 Å². The molecule has 0 radical (unpaired) electrons. The fourth-order valence-electron chi connectivity index (χ4n) is 4.12. The van der Waals surface area contributed by atoms with Gasteiger partial charge in [-0.1, -0.05) is 64.1 Å². The van der Waals surface area contributed by atoms with Crippen LogP contribution in [0.3, 0.4) is 0 Å². The van der Waals surface area contributed by atoms with E-state index in [1.54, 1.807) is 0 Å². The van der Waals surface area contributed by atoms with Crippen LogP contribution in [0.1, 0.15) is 51.2 Å². The van der Waals surface area contributed by atoms with Gasteiger partial charge in [-0.2, -0.15) is 0 Å². The first-order chi connectivity index (χ1) is 12.9. The topological polar surface area (TPSA) is 55.8 Å². The van der Waals surface area contributed by atoms with Gasteiger partial charge in [-0.3, -0.25) is 4.79 Å². The average molecular weight is 368 g/mol. The van der Waals surface area contributed by atoms with Crippen molar-refractivity contribution < 1.29 is 19.4 Å². The number of ether oxygens (including phenoxy) is 2. The minimum Gasteiger partial charge on any atom is -0.458 e. The highest BCUT2D eigenvalue weighted by molar-refractivity contribution is 5.85.